The van der Waals surface area contributed by atoms with Gasteiger partial charge in [0.2, 0.25) is 0 Å². The molecule has 0 radical (unpaired) electrons. The average molecular weight is 216 g/mol. The number of alkyl halides is 4. The predicted octanol–water partition coefficient (Wildman–Crippen LogP) is 1.47. The van der Waals surface area contributed by atoms with E-state index in [0.29, 0.717) is 0 Å². The van der Waals surface area contributed by atoms with E-state index >= 15 is 0 Å². The Labute approximate surface area is 78.9 Å². The predicted molar refractivity (Wildman–Crippen MR) is 40.8 cm³/mol. The highest BCUT2D eigenvalue weighted by Crippen LogP contribution is 2.31. The highest BCUT2D eigenvalue weighted by Gasteiger charge is 2.47. The van der Waals surface area contributed by atoms with E-state index in [9.17, 15) is 17.6 Å². The lowest BCUT2D eigenvalue weighted by molar-refractivity contribution is -0.194. The molecule has 0 aliphatic heterocycles. The summed E-state index contributed by atoms with van der Waals surface area (Å²) in [6, 6.07) is 0. The molecule has 0 spiro atoms. The van der Waals surface area contributed by atoms with E-state index in [1.165, 1.54) is 0 Å². The van der Waals surface area contributed by atoms with Crippen LogP contribution in [0.5, 0.6) is 0 Å². The van der Waals surface area contributed by atoms with Crippen LogP contribution in [0.3, 0.4) is 0 Å². The largest absolute Gasteiger partial charge is 0.368 e. The molecule has 84 valence electrons. The van der Waals surface area contributed by atoms with Gasteiger partial charge >= 0.3 is 0 Å². The third kappa shape index (κ3) is 2.36. The number of ether oxygens (including phenoxy) is 1. The Hall–Kier alpha value is -0.360. The second-order valence-electron chi connectivity index (χ2n) is 3.36. The summed E-state index contributed by atoms with van der Waals surface area (Å²) in [6.45, 7) is 1.12. The second kappa shape index (κ2) is 4.44. The summed E-state index contributed by atoms with van der Waals surface area (Å²) >= 11 is 0. The van der Waals surface area contributed by atoms with Crippen LogP contribution in [0.1, 0.15) is 13.3 Å². The molecule has 1 aliphatic rings. The number of rotatable bonds is 2. The van der Waals surface area contributed by atoms with Crippen molar-refractivity contribution in [2.24, 2.45) is 0 Å². The molecule has 5 atom stereocenters. The smallest absolute Gasteiger partial charge is 0.160 e. The van der Waals surface area contributed by atoms with Crippen LogP contribution in [0, 0.1) is 0 Å². The minimum atomic E-state index is -2.23. The fourth-order valence-electron chi connectivity index (χ4n) is 1.44. The molecule has 1 aliphatic carbocycles. The molecule has 14 heavy (non-hydrogen) atoms. The van der Waals surface area contributed by atoms with Crippen molar-refractivity contribution in [2.45, 2.75) is 50.4 Å². The van der Waals surface area contributed by atoms with Crippen LogP contribution in [-0.4, -0.2) is 42.2 Å². The van der Waals surface area contributed by atoms with E-state index in [1.54, 1.807) is 0 Å². The van der Waals surface area contributed by atoms with Gasteiger partial charge in [-0.2, -0.15) is 0 Å². The molecule has 0 aromatic carbocycles. The molecule has 0 aromatic heterocycles. The molecule has 1 N–H and O–H groups in total. The molecule has 0 bridgehead atoms. The Morgan fingerprint density at radius 3 is 1.93 bits per heavy atom. The first-order valence-electron chi connectivity index (χ1n) is 4.33. The number of halogens is 4. The van der Waals surface area contributed by atoms with Crippen LogP contribution in [0.15, 0.2) is 0 Å². The van der Waals surface area contributed by atoms with Gasteiger partial charge in [-0.15, -0.1) is 0 Å². The van der Waals surface area contributed by atoms with Gasteiger partial charge < -0.3 is 9.84 Å². The van der Waals surface area contributed by atoms with Crippen LogP contribution in [0.25, 0.3) is 0 Å². The quantitative estimate of drug-likeness (QED) is 0.559. The number of hydrogen-bond donors (Lipinski definition) is 1. The monoisotopic (exact) mass is 216 g/mol. The first-order chi connectivity index (χ1) is 6.43. The zero-order valence-electron chi connectivity index (χ0n) is 7.54. The highest BCUT2D eigenvalue weighted by atomic mass is 19.2. The lowest BCUT2D eigenvalue weighted by Crippen LogP contribution is -2.51. The Morgan fingerprint density at radius 2 is 1.57 bits per heavy atom. The van der Waals surface area contributed by atoms with Crippen LogP contribution in [0.2, 0.25) is 0 Å². The van der Waals surface area contributed by atoms with E-state index in [1.807, 2.05) is 0 Å². The van der Waals surface area contributed by atoms with Gasteiger partial charge in [-0.1, -0.05) is 0 Å². The highest BCUT2D eigenvalue weighted by molar-refractivity contribution is 4.94. The number of hydrogen-bond acceptors (Lipinski definition) is 2. The van der Waals surface area contributed by atoms with Crippen LogP contribution in [0.4, 0.5) is 17.6 Å². The SMILES string of the molecule is CC(O)OC1C(F)C(F)CC(F)C1F. The fourth-order valence-corrected chi connectivity index (χ4v) is 1.44. The molecule has 0 aromatic rings. The van der Waals surface area contributed by atoms with Gasteiger partial charge in [0.05, 0.1) is 0 Å². The Bertz CT molecular complexity index is 176. The lowest BCUT2D eigenvalue weighted by Gasteiger charge is -2.34. The standard InChI is InChI=1S/C8H12F4O2/c1-3(13)14-8-6(11)4(9)2-5(10)7(8)12/h3-8,13H,2H2,1H3. The van der Waals surface area contributed by atoms with Crippen molar-refractivity contribution in [3.63, 3.8) is 0 Å². The number of aliphatic hydroxyl groups is 1. The molecule has 5 unspecified atom stereocenters. The first kappa shape index (κ1) is 11.7. The van der Waals surface area contributed by atoms with Crippen molar-refractivity contribution >= 4 is 0 Å². The van der Waals surface area contributed by atoms with Crippen LogP contribution < -0.4 is 0 Å². The van der Waals surface area contributed by atoms with Gasteiger partial charge in [-0.25, -0.2) is 17.6 Å². The van der Waals surface area contributed by atoms with E-state index < -0.39 is 43.5 Å². The molecular formula is C8H12F4O2. The summed E-state index contributed by atoms with van der Waals surface area (Å²) in [4.78, 5) is 0. The van der Waals surface area contributed by atoms with E-state index in [-0.39, 0.29) is 0 Å². The minimum Gasteiger partial charge on any atom is -0.368 e. The molecule has 0 saturated heterocycles. The third-order valence-corrected chi connectivity index (χ3v) is 2.12. The maximum absolute atomic E-state index is 13.0. The van der Waals surface area contributed by atoms with Crippen LogP contribution >= 0.6 is 0 Å². The Kier molecular flexibility index (Phi) is 3.71. The van der Waals surface area contributed by atoms with Crippen molar-refractivity contribution in [1.82, 2.24) is 0 Å². The summed E-state index contributed by atoms with van der Waals surface area (Å²) in [6.07, 6.45) is -12.7. The zero-order valence-corrected chi connectivity index (χ0v) is 7.54. The van der Waals surface area contributed by atoms with E-state index in [4.69, 9.17) is 5.11 Å². The topological polar surface area (TPSA) is 29.5 Å². The van der Waals surface area contributed by atoms with Gasteiger partial charge in [0.1, 0.15) is 18.4 Å². The second-order valence-corrected chi connectivity index (χ2v) is 3.36. The molecule has 1 saturated carbocycles. The molecule has 1 rings (SSSR count). The number of aliphatic hydroxyl groups excluding tert-OH is 1. The zero-order chi connectivity index (χ0) is 10.9. The normalized spacial score (nSPS) is 46.3. The van der Waals surface area contributed by atoms with Crippen molar-refractivity contribution in [1.29, 1.82) is 0 Å². The third-order valence-electron chi connectivity index (χ3n) is 2.12. The molecule has 0 amide bonds. The van der Waals surface area contributed by atoms with Gasteiger partial charge in [0.15, 0.2) is 18.6 Å². The minimum absolute atomic E-state index is 0.804. The van der Waals surface area contributed by atoms with Gasteiger partial charge in [-0.3, -0.25) is 0 Å². The molecule has 0 heterocycles. The summed E-state index contributed by atoms with van der Waals surface area (Å²) in [5, 5.41) is 8.71. The van der Waals surface area contributed by atoms with E-state index in [0.717, 1.165) is 6.92 Å². The maximum atomic E-state index is 13.0. The van der Waals surface area contributed by atoms with Crippen molar-refractivity contribution in [3.8, 4) is 0 Å². The summed E-state index contributed by atoms with van der Waals surface area (Å²) in [7, 11) is 0. The van der Waals surface area contributed by atoms with E-state index in [2.05, 4.69) is 4.74 Å². The summed E-state index contributed by atoms with van der Waals surface area (Å²) < 4.78 is 55.9. The van der Waals surface area contributed by atoms with Gasteiger partial charge in [0, 0.05) is 6.42 Å². The summed E-state index contributed by atoms with van der Waals surface area (Å²) in [5.74, 6) is 0. The Balaban J connectivity index is 2.67. The molecule has 6 heteroatoms. The van der Waals surface area contributed by atoms with Gasteiger partial charge in [-0.05, 0) is 6.92 Å². The van der Waals surface area contributed by atoms with Crippen LogP contribution in [-0.2, 0) is 4.74 Å². The van der Waals surface area contributed by atoms with Crippen molar-refractivity contribution in [2.75, 3.05) is 0 Å². The van der Waals surface area contributed by atoms with Gasteiger partial charge in [0.25, 0.3) is 0 Å². The maximum Gasteiger partial charge on any atom is 0.160 e. The molecule has 1 fully saturated rings. The average Bonchev–Trinajstić information content (AvgIpc) is 2.09. The summed E-state index contributed by atoms with van der Waals surface area (Å²) in [5.41, 5.74) is 0. The Morgan fingerprint density at radius 1 is 1.14 bits per heavy atom. The van der Waals surface area contributed by atoms with Crippen molar-refractivity contribution in [3.05, 3.63) is 0 Å². The molecular weight excluding hydrogens is 204 g/mol. The lowest BCUT2D eigenvalue weighted by atomic mass is 9.91. The fraction of sp³-hybridized carbons (Fsp3) is 1.00. The van der Waals surface area contributed by atoms with Crippen molar-refractivity contribution < 1.29 is 27.4 Å². The molecule has 2 nitrogen and oxygen atoms in total. The first-order valence-corrected chi connectivity index (χ1v) is 4.33.